The smallest absolute Gasteiger partial charge is 0.338 e. The van der Waals surface area contributed by atoms with Gasteiger partial charge < -0.3 is 14.4 Å². The van der Waals surface area contributed by atoms with E-state index in [4.69, 9.17) is 9.47 Å². The van der Waals surface area contributed by atoms with Crippen molar-refractivity contribution in [1.82, 2.24) is 4.90 Å². The van der Waals surface area contributed by atoms with E-state index in [0.717, 1.165) is 21.0 Å². The van der Waals surface area contributed by atoms with Gasteiger partial charge in [0.05, 0.1) is 30.5 Å². The second kappa shape index (κ2) is 7.66. The molecule has 0 fully saturated rings. The summed E-state index contributed by atoms with van der Waals surface area (Å²) >= 11 is 5.07. The van der Waals surface area contributed by atoms with Crippen LogP contribution in [0.15, 0.2) is 50.5 Å². The minimum Gasteiger partial charge on any atom is -0.494 e. The van der Waals surface area contributed by atoms with E-state index in [0.29, 0.717) is 24.5 Å². The normalized spacial score (nSPS) is 19.0. The van der Waals surface area contributed by atoms with E-state index in [1.807, 2.05) is 48.6 Å². The molecule has 0 spiro atoms. The summed E-state index contributed by atoms with van der Waals surface area (Å²) in [6.45, 7) is 6.46. The van der Waals surface area contributed by atoms with Crippen molar-refractivity contribution >= 4 is 38.8 Å². The lowest BCUT2D eigenvalue weighted by molar-refractivity contribution is -0.139. The van der Waals surface area contributed by atoms with Gasteiger partial charge in [0.1, 0.15) is 5.75 Å². The van der Waals surface area contributed by atoms with Crippen molar-refractivity contribution in [3.8, 4) is 5.75 Å². The quantitative estimate of drug-likeness (QED) is 0.648. The highest BCUT2D eigenvalue weighted by molar-refractivity contribution is 9.10. The van der Waals surface area contributed by atoms with E-state index in [1.165, 1.54) is 11.8 Å². The van der Waals surface area contributed by atoms with Crippen molar-refractivity contribution in [3.63, 3.8) is 0 Å². The molecule has 3 rings (SSSR count). The molecule has 1 aromatic carbocycles. The molecule has 0 N–H and O–H groups in total. The molecule has 1 aromatic rings. The van der Waals surface area contributed by atoms with Crippen LogP contribution >= 0.6 is 27.7 Å². The number of amidine groups is 1. The fourth-order valence-corrected chi connectivity index (χ4v) is 4.07. The van der Waals surface area contributed by atoms with Gasteiger partial charge in [-0.05, 0) is 44.4 Å². The van der Waals surface area contributed by atoms with E-state index in [1.54, 1.807) is 6.92 Å². The number of nitrogens with zero attached hydrogens (tertiary/aromatic N) is 2. The fraction of sp³-hybridized carbons (Fsp3) is 0.333. The Balaban J connectivity index is 2.17. The standard InChI is InChI=1S/C18H19BrN2O3S/c1-4-23-14-7-6-12(19)10-13(14)16-15(17(22)24-5-2)11(3)20-18-21(16)8-9-25-18/h6-10,16H,4-5H2,1-3H3. The molecule has 0 aromatic heterocycles. The van der Waals surface area contributed by atoms with Crippen LogP contribution in [0.3, 0.4) is 0 Å². The van der Waals surface area contributed by atoms with Crippen LogP contribution in [0.1, 0.15) is 32.4 Å². The maximum absolute atomic E-state index is 12.7. The molecule has 2 aliphatic heterocycles. The number of thioether (sulfide) groups is 1. The molecule has 0 aliphatic carbocycles. The summed E-state index contributed by atoms with van der Waals surface area (Å²) in [5.41, 5.74) is 2.11. The summed E-state index contributed by atoms with van der Waals surface area (Å²) in [5.74, 6) is 0.400. The van der Waals surface area contributed by atoms with E-state index < -0.39 is 0 Å². The third-order valence-corrected chi connectivity index (χ3v) is 5.15. The minimum absolute atomic E-state index is 0.320. The second-order valence-electron chi connectivity index (χ2n) is 5.44. The number of carbonyl (C=O) groups is 1. The predicted molar refractivity (Wildman–Crippen MR) is 103 cm³/mol. The Morgan fingerprint density at radius 3 is 2.88 bits per heavy atom. The molecule has 2 aliphatic rings. The van der Waals surface area contributed by atoms with E-state index in [2.05, 4.69) is 20.9 Å². The molecule has 0 radical (unpaired) electrons. The van der Waals surface area contributed by atoms with E-state index >= 15 is 0 Å². The molecule has 2 heterocycles. The average molecular weight is 423 g/mol. The van der Waals surface area contributed by atoms with Crippen molar-refractivity contribution < 1.29 is 14.3 Å². The Morgan fingerprint density at radius 2 is 2.16 bits per heavy atom. The molecule has 0 bridgehead atoms. The highest BCUT2D eigenvalue weighted by Crippen LogP contribution is 2.44. The summed E-state index contributed by atoms with van der Waals surface area (Å²) in [6, 6.07) is 5.50. The molecule has 7 heteroatoms. The topological polar surface area (TPSA) is 51.1 Å². The van der Waals surface area contributed by atoms with E-state index in [9.17, 15) is 4.79 Å². The van der Waals surface area contributed by atoms with Crippen LogP contribution < -0.4 is 4.74 Å². The number of allylic oxidation sites excluding steroid dienone is 1. The molecule has 0 amide bonds. The van der Waals surface area contributed by atoms with Crippen LogP contribution in [0, 0.1) is 0 Å². The molecule has 5 nitrogen and oxygen atoms in total. The Labute approximate surface area is 159 Å². The van der Waals surface area contributed by atoms with Crippen LogP contribution in [0.4, 0.5) is 0 Å². The van der Waals surface area contributed by atoms with Crippen LogP contribution in [-0.4, -0.2) is 29.3 Å². The molecular weight excluding hydrogens is 404 g/mol. The third kappa shape index (κ3) is 3.48. The molecule has 25 heavy (non-hydrogen) atoms. The largest absolute Gasteiger partial charge is 0.494 e. The Kier molecular flexibility index (Phi) is 5.54. The summed E-state index contributed by atoms with van der Waals surface area (Å²) < 4.78 is 12.1. The number of halogens is 1. The van der Waals surface area contributed by atoms with Gasteiger partial charge in [-0.15, -0.1) is 0 Å². The molecule has 0 saturated carbocycles. The molecule has 132 valence electrons. The minimum atomic E-state index is -0.347. The first-order chi connectivity index (χ1) is 12.1. The van der Waals surface area contributed by atoms with Gasteiger partial charge in [0.25, 0.3) is 0 Å². The summed E-state index contributed by atoms with van der Waals surface area (Å²) in [4.78, 5) is 19.2. The summed E-state index contributed by atoms with van der Waals surface area (Å²) in [6.07, 6.45) is 1.94. The molecule has 0 saturated heterocycles. The van der Waals surface area contributed by atoms with Gasteiger partial charge in [-0.2, -0.15) is 0 Å². The van der Waals surface area contributed by atoms with Gasteiger partial charge >= 0.3 is 5.97 Å². The zero-order valence-corrected chi connectivity index (χ0v) is 16.7. The lowest BCUT2D eigenvalue weighted by atomic mass is 9.94. The van der Waals surface area contributed by atoms with Gasteiger partial charge in [0.2, 0.25) is 0 Å². The number of esters is 1. The SMILES string of the molecule is CCOC(=O)C1=C(C)N=C2SC=CN2C1c1cc(Br)ccc1OCC. The van der Waals surface area contributed by atoms with Crippen molar-refractivity contribution in [2.75, 3.05) is 13.2 Å². The number of fused-ring (bicyclic) bond motifs is 1. The highest BCUT2D eigenvalue weighted by atomic mass is 79.9. The van der Waals surface area contributed by atoms with Crippen LogP contribution in [0.5, 0.6) is 5.75 Å². The first-order valence-corrected chi connectivity index (χ1v) is 9.74. The lowest BCUT2D eigenvalue weighted by Gasteiger charge is -2.34. The number of hydrogen-bond acceptors (Lipinski definition) is 6. The van der Waals surface area contributed by atoms with Crippen molar-refractivity contribution in [2.24, 2.45) is 4.99 Å². The number of aliphatic imine (C=N–C) groups is 1. The number of benzene rings is 1. The average Bonchev–Trinajstić information content (AvgIpc) is 3.03. The van der Waals surface area contributed by atoms with Gasteiger partial charge in [-0.3, -0.25) is 0 Å². The maximum atomic E-state index is 12.7. The number of carbonyl (C=O) groups excluding carboxylic acids is 1. The van der Waals surface area contributed by atoms with Gasteiger partial charge in [-0.1, -0.05) is 27.7 Å². The van der Waals surface area contributed by atoms with Crippen molar-refractivity contribution in [2.45, 2.75) is 26.8 Å². The molecular formula is C18H19BrN2O3S. The summed E-state index contributed by atoms with van der Waals surface area (Å²) in [7, 11) is 0. The van der Waals surface area contributed by atoms with Gasteiger partial charge in [-0.25, -0.2) is 9.79 Å². The van der Waals surface area contributed by atoms with Crippen molar-refractivity contribution in [1.29, 1.82) is 0 Å². The maximum Gasteiger partial charge on any atom is 0.338 e. The van der Waals surface area contributed by atoms with Crippen LogP contribution in [-0.2, 0) is 9.53 Å². The first-order valence-electron chi connectivity index (χ1n) is 8.07. The number of rotatable bonds is 5. The zero-order chi connectivity index (χ0) is 18.0. The van der Waals surface area contributed by atoms with Crippen molar-refractivity contribution in [3.05, 3.63) is 51.1 Å². The van der Waals surface area contributed by atoms with Gasteiger partial charge in [0, 0.05) is 16.2 Å². The fourth-order valence-electron chi connectivity index (χ4n) is 2.90. The Bertz CT molecular complexity index is 789. The number of hydrogen-bond donors (Lipinski definition) is 0. The third-order valence-electron chi connectivity index (χ3n) is 3.88. The summed E-state index contributed by atoms with van der Waals surface area (Å²) in [5, 5.41) is 2.81. The second-order valence-corrected chi connectivity index (χ2v) is 7.23. The lowest BCUT2D eigenvalue weighted by Crippen LogP contribution is -2.34. The van der Waals surface area contributed by atoms with Gasteiger partial charge in [0.15, 0.2) is 5.17 Å². The van der Waals surface area contributed by atoms with Crippen LogP contribution in [0.2, 0.25) is 0 Å². The number of ether oxygens (including phenoxy) is 2. The predicted octanol–water partition coefficient (Wildman–Crippen LogP) is 4.62. The highest BCUT2D eigenvalue weighted by Gasteiger charge is 2.38. The Morgan fingerprint density at radius 1 is 1.36 bits per heavy atom. The zero-order valence-electron chi connectivity index (χ0n) is 14.3. The molecule has 1 unspecified atom stereocenters. The van der Waals surface area contributed by atoms with Crippen LogP contribution in [0.25, 0.3) is 0 Å². The Hall–Kier alpha value is -1.73. The van der Waals surface area contributed by atoms with E-state index in [-0.39, 0.29) is 12.0 Å². The first kappa shape index (κ1) is 18.1. The molecule has 1 atom stereocenters. The monoisotopic (exact) mass is 422 g/mol.